The molecule has 0 aromatic heterocycles. The van der Waals surface area contributed by atoms with E-state index in [2.05, 4.69) is 19.1 Å². The molecule has 0 aliphatic rings. The Labute approximate surface area is 148 Å². The lowest BCUT2D eigenvalue weighted by molar-refractivity contribution is -0.132. The quantitative estimate of drug-likeness (QED) is 0.217. The van der Waals surface area contributed by atoms with E-state index in [-0.39, 0.29) is 0 Å². The van der Waals surface area contributed by atoms with Crippen LogP contribution in [0.25, 0.3) is 0 Å². The molecule has 0 aliphatic heterocycles. The van der Waals surface area contributed by atoms with Gasteiger partial charge >= 0.3 is 5.97 Å². The van der Waals surface area contributed by atoms with E-state index in [1.54, 1.807) is 12.2 Å². The summed E-state index contributed by atoms with van der Waals surface area (Å²) in [5, 5.41) is 8.86. The van der Waals surface area contributed by atoms with E-state index in [0.29, 0.717) is 12.0 Å². The molecule has 2 nitrogen and oxygen atoms in total. The van der Waals surface area contributed by atoms with Crippen molar-refractivity contribution in [2.24, 2.45) is 0 Å². The van der Waals surface area contributed by atoms with Crippen LogP contribution in [0.15, 0.2) is 60.3 Å². The van der Waals surface area contributed by atoms with Crippen molar-refractivity contribution in [3.05, 3.63) is 60.3 Å². The van der Waals surface area contributed by atoms with Gasteiger partial charge in [-0.05, 0) is 19.3 Å². The summed E-state index contributed by atoms with van der Waals surface area (Å²) in [5.74, 6) is -0.850. The molecule has 0 aromatic carbocycles. The summed E-state index contributed by atoms with van der Waals surface area (Å²) < 4.78 is 0. The molecule has 0 fully saturated rings. The zero-order valence-corrected chi connectivity index (χ0v) is 15.4. The van der Waals surface area contributed by atoms with Gasteiger partial charge in [0, 0.05) is 5.57 Å². The number of aliphatic carboxylic acids is 1. The predicted octanol–water partition coefficient (Wildman–Crippen LogP) is 6.77. The predicted molar refractivity (Wildman–Crippen MR) is 105 cm³/mol. The second-order valence-corrected chi connectivity index (χ2v) is 5.84. The first-order chi connectivity index (χ1) is 11.7. The molecule has 0 aromatic rings. The maximum atomic E-state index is 10.8. The Hall–Kier alpha value is -1.83. The van der Waals surface area contributed by atoms with Gasteiger partial charge in [0.15, 0.2) is 0 Å². The van der Waals surface area contributed by atoms with Crippen LogP contribution in [-0.2, 0) is 4.79 Å². The standard InChI is InChI=1S/C22H34O2/c1-3-5-6-7-8-9-10-11-12-13-14-15-16-17-18-19-20-21(4-2)22(23)24/h12-20H,3-11H2,1-2H3,(H,23,24)/b13-12+,15-14+,17-16+,19-18+,21-20-. The molecule has 1 N–H and O–H groups in total. The molecule has 0 saturated carbocycles. The summed E-state index contributed by atoms with van der Waals surface area (Å²) >= 11 is 0. The molecule has 0 aliphatic carbocycles. The van der Waals surface area contributed by atoms with Crippen LogP contribution in [0.4, 0.5) is 0 Å². The van der Waals surface area contributed by atoms with Crippen molar-refractivity contribution in [2.45, 2.75) is 71.6 Å². The topological polar surface area (TPSA) is 37.3 Å². The lowest BCUT2D eigenvalue weighted by Gasteiger charge is -1.98. The van der Waals surface area contributed by atoms with E-state index in [0.717, 1.165) is 6.42 Å². The van der Waals surface area contributed by atoms with Gasteiger partial charge < -0.3 is 5.11 Å². The largest absolute Gasteiger partial charge is 0.478 e. The van der Waals surface area contributed by atoms with Gasteiger partial charge in [-0.2, -0.15) is 0 Å². The Kier molecular flexibility index (Phi) is 16.2. The highest BCUT2D eigenvalue weighted by molar-refractivity contribution is 5.86. The molecule has 0 rings (SSSR count). The van der Waals surface area contributed by atoms with Crippen LogP contribution in [-0.4, -0.2) is 11.1 Å². The fourth-order valence-corrected chi connectivity index (χ4v) is 2.23. The van der Waals surface area contributed by atoms with Crippen LogP contribution in [0.5, 0.6) is 0 Å². The van der Waals surface area contributed by atoms with E-state index in [1.165, 1.54) is 44.9 Å². The monoisotopic (exact) mass is 330 g/mol. The molecule has 24 heavy (non-hydrogen) atoms. The van der Waals surface area contributed by atoms with Gasteiger partial charge in [-0.25, -0.2) is 4.79 Å². The first-order valence-electron chi connectivity index (χ1n) is 9.31. The molecular formula is C22H34O2. The number of hydrogen-bond acceptors (Lipinski definition) is 1. The van der Waals surface area contributed by atoms with Crippen LogP contribution in [0.2, 0.25) is 0 Å². The minimum absolute atomic E-state index is 0.420. The summed E-state index contributed by atoms with van der Waals surface area (Å²) in [6.45, 7) is 4.09. The van der Waals surface area contributed by atoms with Crippen molar-refractivity contribution in [2.75, 3.05) is 0 Å². The van der Waals surface area contributed by atoms with Gasteiger partial charge in [-0.1, -0.05) is 107 Å². The molecule has 0 unspecified atom stereocenters. The molecule has 0 bridgehead atoms. The smallest absolute Gasteiger partial charge is 0.331 e. The number of allylic oxidation sites excluding steroid dienone is 9. The zero-order valence-electron chi connectivity index (χ0n) is 15.4. The van der Waals surface area contributed by atoms with Crippen molar-refractivity contribution in [1.82, 2.24) is 0 Å². The number of carbonyl (C=O) groups is 1. The van der Waals surface area contributed by atoms with E-state index in [9.17, 15) is 4.79 Å². The normalized spacial score (nSPS) is 13.2. The highest BCUT2D eigenvalue weighted by atomic mass is 16.4. The minimum Gasteiger partial charge on any atom is -0.478 e. The van der Waals surface area contributed by atoms with Crippen LogP contribution in [0.3, 0.4) is 0 Å². The molecule has 0 radical (unpaired) electrons. The number of rotatable bonds is 14. The van der Waals surface area contributed by atoms with Crippen LogP contribution in [0, 0.1) is 0 Å². The highest BCUT2D eigenvalue weighted by Crippen LogP contribution is 2.08. The minimum atomic E-state index is -0.850. The first-order valence-corrected chi connectivity index (χ1v) is 9.31. The van der Waals surface area contributed by atoms with E-state index < -0.39 is 5.97 Å². The van der Waals surface area contributed by atoms with Gasteiger partial charge in [0.1, 0.15) is 0 Å². The summed E-state index contributed by atoms with van der Waals surface area (Å²) in [4.78, 5) is 10.8. The molecule has 0 saturated heterocycles. The Morgan fingerprint density at radius 2 is 1.29 bits per heavy atom. The molecule has 0 spiro atoms. The van der Waals surface area contributed by atoms with Crippen molar-refractivity contribution in [3.63, 3.8) is 0 Å². The number of carboxylic acid groups (broad SMARTS) is 1. The summed E-state index contributed by atoms with van der Waals surface area (Å²) in [6, 6.07) is 0. The number of carboxylic acids is 1. The van der Waals surface area contributed by atoms with Crippen molar-refractivity contribution in [3.8, 4) is 0 Å². The summed E-state index contributed by atoms with van der Waals surface area (Å²) in [5.41, 5.74) is 0.420. The van der Waals surface area contributed by atoms with Crippen LogP contribution >= 0.6 is 0 Å². The molecule has 0 atom stereocenters. The van der Waals surface area contributed by atoms with E-state index in [1.807, 2.05) is 37.3 Å². The van der Waals surface area contributed by atoms with Gasteiger partial charge in [-0.15, -0.1) is 0 Å². The number of hydrogen-bond donors (Lipinski definition) is 1. The molecular weight excluding hydrogens is 296 g/mol. The second kappa shape index (κ2) is 17.5. The lowest BCUT2D eigenvalue weighted by atomic mass is 10.1. The third-order valence-electron chi connectivity index (χ3n) is 3.73. The zero-order chi connectivity index (χ0) is 17.9. The van der Waals surface area contributed by atoms with Crippen molar-refractivity contribution >= 4 is 5.97 Å². The Morgan fingerprint density at radius 3 is 1.88 bits per heavy atom. The fraction of sp³-hybridized carbons (Fsp3) is 0.500. The molecule has 134 valence electrons. The fourth-order valence-electron chi connectivity index (χ4n) is 2.23. The molecule has 2 heteroatoms. The SMILES string of the molecule is CCCCCCCCC/C=C/C=C/C=C/C=C/C=C(/CC)C(=O)O. The summed E-state index contributed by atoms with van der Waals surface area (Å²) in [7, 11) is 0. The molecule has 0 amide bonds. The third kappa shape index (κ3) is 15.1. The highest BCUT2D eigenvalue weighted by Gasteiger charge is 2.00. The Balaban J connectivity index is 3.71. The number of unbranched alkanes of at least 4 members (excludes halogenated alkanes) is 7. The average molecular weight is 331 g/mol. The third-order valence-corrected chi connectivity index (χ3v) is 3.73. The molecule has 0 heterocycles. The van der Waals surface area contributed by atoms with Crippen LogP contribution < -0.4 is 0 Å². The Morgan fingerprint density at radius 1 is 0.750 bits per heavy atom. The van der Waals surface area contributed by atoms with Gasteiger partial charge in [-0.3, -0.25) is 0 Å². The van der Waals surface area contributed by atoms with Crippen LogP contribution in [0.1, 0.15) is 71.6 Å². The van der Waals surface area contributed by atoms with E-state index in [4.69, 9.17) is 5.11 Å². The van der Waals surface area contributed by atoms with Gasteiger partial charge in [0.05, 0.1) is 0 Å². The Bertz CT molecular complexity index is 451. The summed E-state index contributed by atoms with van der Waals surface area (Å²) in [6.07, 6.45) is 28.5. The van der Waals surface area contributed by atoms with Crippen molar-refractivity contribution in [1.29, 1.82) is 0 Å². The van der Waals surface area contributed by atoms with Gasteiger partial charge in [0.2, 0.25) is 0 Å². The lowest BCUT2D eigenvalue weighted by Crippen LogP contribution is -1.97. The second-order valence-electron chi connectivity index (χ2n) is 5.84. The maximum Gasteiger partial charge on any atom is 0.331 e. The maximum absolute atomic E-state index is 10.8. The van der Waals surface area contributed by atoms with Gasteiger partial charge in [0.25, 0.3) is 0 Å². The average Bonchev–Trinajstić information content (AvgIpc) is 2.57. The first kappa shape index (κ1) is 22.2. The van der Waals surface area contributed by atoms with Crippen molar-refractivity contribution < 1.29 is 9.90 Å². The van der Waals surface area contributed by atoms with E-state index >= 15 is 0 Å².